The largest absolute Gasteiger partial charge is 0.459 e. The average Bonchev–Trinajstić information content (AvgIpc) is 4.18. The molecule has 1 saturated carbocycles. The molecule has 4 aliphatic rings. The second-order valence-corrected chi connectivity index (χ2v) is 20.5. The van der Waals surface area contributed by atoms with E-state index in [4.69, 9.17) is 4.42 Å². The molecule has 1 fully saturated rings. The number of anilines is 6. The van der Waals surface area contributed by atoms with E-state index < -0.39 is 5.41 Å². The van der Waals surface area contributed by atoms with Crippen LogP contribution in [0.25, 0.3) is 33.2 Å². The lowest BCUT2D eigenvalue weighted by Gasteiger charge is -2.42. The molecular weight excluding hydrogens is 885 g/mol. The van der Waals surface area contributed by atoms with Gasteiger partial charge in [0.2, 0.25) is 0 Å². The van der Waals surface area contributed by atoms with Gasteiger partial charge in [-0.3, -0.25) is 0 Å². The minimum absolute atomic E-state index is 0.290. The van der Waals surface area contributed by atoms with Crippen molar-refractivity contribution in [3.8, 4) is 22.3 Å². The first kappa shape index (κ1) is 42.1. The highest BCUT2D eigenvalue weighted by molar-refractivity contribution is 6.05. The molecule has 0 bridgehead atoms. The molecule has 73 heavy (non-hydrogen) atoms. The van der Waals surface area contributed by atoms with Crippen molar-refractivity contribution in [2.75, 3.05) is 9.80 Å². The van der Waals surface area contributed by atoms with Gasteiger partial charge in [0.25, 0.3) is 0 Å². The van der Waals surface area contributed by atoms with Crippen LogP contribution in [-0.2, 0) is 10.8 Å². The Balaban J connectivity index is 0.986. The Bertz CT molecular complexity index is 3800. The molecule has 0 amide bonds. The van der Waals surface area contributed by atoms with E-state index in [-0.39, 0.29) is 5.41 Å². The highest BCUT2D eigenvalue weighted by Gasteiger charge is 2.57. The number of nitrogens with zero attached hydrogens (tertiary/aromatic N) is 2. The summed E-state index contributed by atoms with van der Waals surface area (Å²) in [5.41, 5.74) is 20.8. The Labute approximate surface area is 427 Å². The number of benzene rings is 10. The molecule has 11 aromatic rings. The number of para-hydroxylation sites is 4. The average molecular weight is 937 g/mol. The van der Waals surface area contributed by atoms with Gasteiger partial charge in [-0.1, -0.05) is 189 Å². The molecule has 1 aromatic heterocycles. The first-order valence-electron chi connectivity index (χ1n) is 26.1. The van der Waals surface area contributed by atoms with Crippen molar-refractivity contribution < 1.29 is 4.42 Å². The number of furan rings is 1. The summed E-state index contributed by atoms with van der Waals surface area (Å²) in [5, 5.41) is 1.14. The monoisotopic (exact) mass is 936 g/mol. The normalized spacial score (nSPS) is 18.4. The highest BCUT2D eigenvalue weighted by atomic mass is 16.3. The van der Waals surface area contributed by atoms with Gasteiger partial charge in [-0.05, 0) is 159 Å². The smallest absolute Gasteiger partial charge is 0.135 e. The molecule has 3 nitrogen and oxygen atoms in total. The summed E-state index contributed by atoms with van der Waals surface area (Å²) >= 11 is 0. The van der Waals surface area contributed by atoms with E-state index in [0.29, 0.717) is 11.8 Å². The van der Waals surface area contributed by atoms with Crippen LogP contribution in [0.1, 0.15) is 76.3 Å². The van der Waals surface area contributed by atoms with Crippen molar-refractivity contribution >= 4 is 45.1 Å². The maximum atomic E-state index is 7.36. The third-order valence-electron chi connectivity index (χ3n) is 17.1. The van der Waals surface area contributed by atoms with Crippen LogP contribution in [0, 0.1) is 5.92 Å². The van der Waals surface area contributed by atoms with Gasteiger partial charge in [0.1, 0.15) is 16.8 Å². The lowest BCUT2D eigenvalue weighted by Crippen LogP contribution is -2.37. The Hall–Kier alpha value is -8.66. The van der Waals surface area contributed by atoms with Gasteiger partial charge < -0.3 is 14.2 Å². The Morgan fingerprint density at radius 2 is 0.836 bits per heavy atom. The highest BCUT2D eigenvalue weighted by Crippen LogP contribution is 2.67. The molecule has 0 aliphatic heterocycles. The van der Waals surface area contributed by atoms with Gasteiger partial charge in [0, 0.05) is 50.5 Å². The summed E-state index contributed by atoms with van der Waals surface area (Å²) in [4.78, 5) is 4.90. The molecule has 4 aliphatic carbocycles. The first-order chi connectivity index (χ1) is 36.2. The van der Waals surface area contributed by atoms with E-state index in [0.717, 1.165) is 50.9 Å². The third kappa shape index (κ3) is 6.00. The van der Waals surface area contributed by atoms with E-state index in [1.165, 1.54) is 86.9 Å². The molecular formula is C70H52N2O. The van der Waals surface area contributed by atoms with Gasteiger partial charge in [0.15, 0.2) is 0 Å². The standard InChI is InChI=1S/C70H52N2O/c1-6-22-47(23-7-1)69(48-24-8-2-9-25-48)61-35-19-16-32-55(61)57-41-38-53(44-63(57)69)72(51-30-14-5-15-31-51)54-39-42-58-56-33-17-20-36-62(56)70(64(58)45-54)65-46-52(71(49-26-10-3-11-27-49)50-28-12-4-13-29-50)40-43-59(65)67-60-34-18-21-37-66(60)73-68(67)70/h1-15,17-18,20-31,33-34,36-46,55,61H,16,19,32,35H2. The first-order valence-corrected chi connectivity index (χ1v) is 26.1. The topological polar surface area (TPSA) is 19.6 Å². The molecule has 3 unspecified atom stereocenters. The minimum atomic E-state index is -0.758. The number of rotatable bonds is 8. The predicted molar refractivity (Wildman–Crippen MR) is 299 cm³/mol. The fourth-order valence-electron chi connectivity index (χ4n) is 14.3. The van der Waals surface area contributed by atoms with Gasteiger partial charge in [-0.15, -0.1) is 0 Å². The molecule has 348 valence electrons. The summed E-state index contributed by atoms with van der Waals surface area (Å²) < 4.78 is 7.36. The Morgan fingerprint density at radius 3 is 1.47 bits per heavy atom. The zero-order chi connectivity index (χ0) is 48.1. The number of fused-ring (bicyclic) bond motifs is 15. The van der Waals surface area contributed by atoms with Crippen LogP contribution in [0.2, 0.25) is 0 Å². The van der Waals surface area contributed by atoms with E-state index >= 15 is 0 Å². The minimum Gasteiger partial charge on any atom is -0.459 e. The maximum absolute atomic E-state index is 7.36. The van der Waals surface area contributed by atoms with Crippen LogP contribution < -0.4 is 9.80 Å². The molecule has 0 saturated heterocycles. The third-order valence-corrected chi connectivity index (χ3v) is 17.1. The van der Waals surface area contributed by atoms with Gasteiger partial charge in [-0.25, -0.2) is 0 Å². The summed E-state index contributed by atoms with van der Waals surface area (Å²) in [6.45, 7) is 0. The second kappa shape index (κ2) is 16.4. The SMILES string of the molecule is c1ccc(N(c2ccccc2)c2ccc3c(c2)C2(c4ccccc4-c4ccc(N(c5ccccc5)c5ccc6c(c5)C(c5ccccc5)(c5ccccc5)C5CCCCC65)cc42)c2oc4ccccc4c2-3)cc1. The molecule has 1 heterocycles. The van der Waals surface area contributed by atoms with E-state index in [2.05, 4.69) is 265 Å². The van der Waals surface area contributed by atoms with Crippen molar-refractivity contribution in [3.05, 3.63) is 299 Å². The summed E-state index contributed by atoms with van der Waals surface area (Å²) in [7, 11) is 0. The van der Waals surface area contributed by atoms with Crippen molar-refractivity contribution in [2.24, 2.45) is 5.92 Å². The van der Waals surface area contributed by atoms with Gasteiger partial charge >= 0.3 is 0 Å². The van der Waals surface area contributed by atoms with Crippen molar-refractivity contribution in [1.29, 1.82) is 0 Å². The van der Waals surface area contributed by atoms with Crippen molar-refractivity contribution in [3.63, 3.8) is 0 Å². The van der Waals surface area contributed by atoms with Crippen LogP contribution in [0.4, 0.5) is 34.1 Å². The molecule has 3 atom stereocenters. The number of hydrogen-bond donors (Lipinski definition) is 0. The molecule has 10 aromatic carbocycles. The van der Waals surface area contributed by atoms with Gasteiger partial charge in [-0.2, -0.15) is 0 Å². The van der Waals surface area contributed by atoms with Crippen LogP contribution in [0.3, 0.4) is 0 Å². The quantitative estimate of drug-likeness (QED) is 0.151. The van der Waals surface area contributed by atoms with Crippen molar-refractivity contribution in [1.82, 2.24) is 0 Å². The number of hydrogen-bond acceptors (Lipinski definition) is 3. The fourth-order valence-corrected chi connectivity index (χ4v) is 14.3. The maximum Gasteiger partial charge on any atom is 0.135 e. The predicted octanol–water partition coefficient (Wildman–Crippen LogP) is 18.3. The molecule has 3 heteroatoms. The Morgan fingerprint density at radius 1 is 0.370 bits per heavy atom. The molecule has 0 N–H and O–H groups in total. The lowest BCUT2D eigenvalue weighted by atomic mass is 9.61. The lowest BCUT2D eigenvalue weighted by molar-refractivity contribution is 0.262. The van der Waals surface area contributed by atoms with E-state index in [1.807, 2.05) is 0 Å². The zero-order valence-electron chi connectivity index (χ0n) is 40.5. The summed E-state index contributed by atoms with van der Waals surface area (Å²) in [6.07, 6.45) is 4.95. The van der Waals surface area contributed by atoms with E-state index in [9.17, 15) is 0 Å². The Kier molecular flexibility index (Phi) is 9.48. The van der Waals surface area contributed by atoms with E-state index in [1.54, 1.807) is 0 Å². The van der Waals surface area contributed by atoms with Crippen LogP contribution in [0.15, 0.2) is 259 Å². The molecule has 0 radical (unpaired) electrons. The van der Waals surface area contributed by atoms with Crippen LogP contribution >= 0.6 is 0 Å². The second-order valence-electron chi connectivity index (χ2n) is 20.5. The molecule has 1 spiro atoms. The fraction of sp³-hybridized carbons (Fsp3) is 0.114. The van der Waals surface area contributed by atoms with Crippen LogP contribution in [0.5, 0.6) is 0 Å². The summed E-state index contributed by atoms with van der Waals surface area (Å²) in [5.74, 6) is 1.94. The zero-order valence-corrected chi connectivity index (χ0v) is 40.5. The van der Waals surface area contributed by atoms with Crippen LogP contribution in [-0.4, -0.2) is 0 Å². The van der Waals surface area contributed by atoms with Gasteiger partial charge in [0.05, 0.1) is 0 Å². The van der Waals surface area contributed by atoms with Crippen molar-refractivity contribution in [2.45, 2.75) is 42.4 Å². The summed E-state index contributed by atoms with van der Waals surface area (Å²) in [6, 6.07) is 94.9. The molecule has 15 rings (SSSR count).